The van der Waals surface area contributed by atoms with Crippen LogP contribution in [0.1, 0.15) is 57.4 Å². The van der Waals surface area contributed by atoms with E-state index in [0.29, 0.717) is 25.5 Å². The summed E-state index contributed by atoms with van der Waals surface area (Å²) in [4.78, 5) is 14.3. The van der Waals surface area contributed by atoms with Gasteiger partial charge in [-0.15, -0.1) is 0 Å². The molecule has 0 spiro atoms. The van der Waals surface area contributed by atoms with E-state index in [0.717, 1.165) is 31.9 Å². The summed E-state index contributed by atoms with van der Waals surface area (Å²) in [7, 11) is -3.36. The lowest BCUT2D eigenvalue weighted by Gasteiger charge is -2.33. The first-order valence-corrected chi connectivity index (χ1v) is 12.8. The Labute approximate surface area is 180 Å². The van der Waals surface area contributed by atoms with E-state index in [4.69, 9.17) is 4.74 Å². The van der Waals surface area contributed by atoms with Crippen molar-refractivity contribution in [3.63, 3.8) is 0 Å². The van der Waals surface area contributed by atoms with E-state index < -0.39 is 10.0 Å². The van der Waals surface area contributed by atoms with Gasteiger partial charge in [0.2, 0.25) is 10.0 Å². The van der Waals surface area contributed by atoms with Crippen molar-refractivity contribution in [2.75, 3.05) is 19.4 Å². The second-order valence-electron chi connectivity index (χ2n) is 8.87. The van der Waals surface area contributed by atoms with Gasteiger partial charge in [0.25, 0.3) is 0 Å². The first kappa shape index (κ1) is 23.0. The van der Waals surface area contributed by atoms with Crippen LogP contribution in [0.2, 0.25) is 0 Å². The van der Waals surface area contributed by atoms with Crippen molar-refractivity contribution in [1.82, 2.24) is 14.9 Å². The highest BCUT2D eigenvalue weighted by atomic mass is 32.2. The molecule has 30 heavy (non-hydrogen) atoms. The zero-order chi connectivity index (χ0) is 21.7. The molecule has 2 fully saturated rings. The van der Waals surface area contributed by atoms with E-state index >= 15 is 0 Å². The first-order chi connectivity index (χ1) is 14.2. The number of amides is 2. The molecule has 0 radical (unpaired) electrons. The molecule has 8 heteroatoms. The molecule has 1 heterocycles. The molecule has 1 saturated heterocycles. The molecule has 1 aliphatic carbocycles. The van der Waals surface area contributed by atoms with Crippen molar-refractivity contribution >= 4 is 16.1 Å². The maximum absolute atomic E-state index is 12.6. The first-order valence-electron chi connectivity index (χ1n) is 10.9. The van der Waals surface area contributed by atoms with Gasteiger partial charge in [-0.05, 0) is 57.4 Å². The number of hydrogen-bond donors (Lipinski definition) is 2. The Bertz CT molecular complexity index is 792. The molecular formula is C22H35N3O4S. The van der Waals surface area contributed by atoms with Crippen molar-refractivity contribution in [2.45, 2.75) is 76.1 Å². The minimum atomic E-state index is -3.36. The summed E-state index contributed by atoms with van der Waals surface area (Å²) in [5, 5.41) is 2.91. The molecule has 1 aromatic carbocycles. The van der Waals surface area contributed by atoms with Crippen molar-refractivity contribution in [3.05, 3.63) is 35.9 Å². The molecule has 1 unspecified atom stereocenters. The summed E-state index contributed by atoms with van der Waals surface area (Å²) in [6.07, 6.45) is 6.03. The normalized spacial score (nSPS) is 27.4. The third-order valence-electron chi connectivity index (χ3n) is 6.03. The Kier molecular flexibility index (Phi) is 7.76. The molecular weight excluding hydrogens is 402 g/mol. The van der Waals surface area contributed by atoms with Crippen LogP contribution in [0.3, 0.4) is 0 Å². The molecule has 0 bridgehead atoms. The van der Waals surface area contributed by atoms with Crippen LogP contribution in [-0.4, -0.2) is 63.0 Å². The Morgan fingerprint density at radius 3 is 2.40 bits per heavy atom. The lowest BCUT2D eigenvalue weighted by molar-refractivity contribution is -0.000748. The van der Waals surface area contributed by atoms with Crippen LogP contribution in [0.4, 0.5) is 4.79 Å². The van der Waals surface area contributed by atoms with Gasteiger partial charge < -0.3 is 15.0 Å². The van der Waals surface area contributed by atoms with Gasteiger partial charge in [0, 0.05) is 18.6 Å². The molecule has 0 aromatic heterocycles. The van der Waals surface area contributed by atoms with Crippen LogP contribution in [0.15, 0.2) is 30.3 Å². The van der Waals surface area contributed by atoms with Gasteiger partial charge in [-0.1, -0.05) is 30.3 Å². The summed E-state index contributed by atoms with van der Waals surface area (Å²) in [5.74, 6) is 0.575. The van der Waals surface area contributed by atoms with E-state index in [9.17, 15) is 13.2 Å². The number of hydrogen-bond acceptors (Lipinski definition) is 4. The van der Waals surface area contributed by atoms with Crippen molar-refractivity contribution in [1.29, 1.82) is 0 Å². The van der Waals surface area contributed by atoms with Crippen LogP contribution < -0.4 is 10.0 Å². The van der Waals surface area contributed by atoms with Crippen LogP contribution >= 0.6 is 0 Å². The van der Waals surface area contributed by atoms with E-state index in [-0.39, 0.29) is 30.3 Å². The second kappa shape index (κ2) is 10.1. The number of urea groups is 1. The number of nitrogens with zero attached hydrogens (tertiary/aromatic N) is 1. The molecule has 1 aliphatic heterocycles. The molecule has 2 atom stereocenters. The predicted octanol–water partition coefficient (Wildman–Crippen LogP) is 2.84. The number of benzene rings is 1. The van der Waals surface area contributed by atoms with E-state index in [1.807, 2.05) is 19.9 Å². The number of sulfonamides is 1. The average Bonchev–Trinajstić information content (AvgIpc) is 3.08. The number of carbonyl (C=O) groups is 1. The zero-order valence-corrected chi connectivity index (χ0v) is 19.0. The lowest BCUT2D eigenvalue weighted by Crippen LogP contribution is -2.52. The standard InChI is InChI=1S/C22H35N3O4S/c1-16(2)23-22(26)25-14-13-20(24-30(3,27)28)21(25)15-29-19-11-9-18(10-12-19)17-7-5-4-6-8-17/h4-8,16,18-21,24H,9-15H2,1-3H3,(H,23,26)/t18?,19?,20?,21-/m0/s1. The van der Waals surface area contributed by atoms with Gasteiger partial charge in [0.15, 0.2) is 0 Å². The van der Waals surface area contributed by atoms with Crippen molar-refractivity contribution < 1.29 is 17.9 Å². The van der Waals surface area contributed by atoms with Gasteiger partial charge in [-0.25, -0.2) is 17.9 Å². The van der Waals surface area contributed by atoms with Crippen LogP contribution in [0, 0.1) is 0 Å². The van der Waals surface area contributed by atoms with Crippen LogP contribution in [-0.2, 0) is 14.8 Å². The highest BCUT2D eigenvalue weighted by molar-refractivity contribution is 7.88. The average molecular weight is 438 g/mol. The monoisotopic (exact) mass is 437 g/mol. The molecule has 1 aromatic rings. The Morgan fingerprint density at radius 1 is 1.13 bits per heavy atom. The molecule has 1 saturated carbocycles. The second-order valence-corrected chi connectivity index (χ2v) is 10.6. The highest BCUT2D eigenvalue weighted by Crippen LogP contribution is 2.34. The summed E-state index contributed by atoms with van der Waals surface area (Å²) in [6.45, 7) is 4.69. The topological polar surface area (TPSA) is 87.7 Å². The van der Waals surface area contributed by atoms with Gasteiger partial charge in [-0.3, -0.25) is 0 Å². The van der Waals surface area contributed by atoms with Crippen molar-refractivity contribution in [3.8, 4) is 0 Å². The summed E-state index contributed by atoms with van der Waals surface area (Å²) >= 11 is 0. The molecule has 2 amide bonds. The Balaban J connectivity index is 1.57. The van der Waals surface area contributed by atoms with Gasteiger partial charge in [0.05, 0.1) is 25.0 Å². The molecule has 3 rings (SSSR count). The lowest BCUT2D eigenvalue weighted by atomic mass is 9.83. The molecule has 7 nitrogen and oxygen atoms in total. The van der Waals surface area contributed by atoms with E-state index in [1.54, 1.807) is 4.90 Å². The highest BCUT2D eigenvalue weighted by Gasteiger charge is 2.39. The fourth-order valence-corrected chi connectivity index (χ4v) is 5.40. The molecule has 168 valence electrons. The van der Waals surface area contributed by atoms with Crippen molar-refractivity contribution in [2.24, 2.45) is 0 Å². The number of likely N-dealkylation sites (tertiary alicyclic amines) is 1. The summed E-state index contributed by atoms with van der Waals surface area (Å²) < 4.78 is 32.5. The van der Waals surface area contributed by atoms with Gasteiger partial charge in [0.1, 0.15) is 0 Å². The number of nitrogens with one attached hydrogen (secondary N) is 2. The van der Waals surface area contributed by atoms with Crippen LogP contribution in [0.5, 0.6) is 0 Å². The fourth-order valence-electron chi connectivity index (χ4n) is 4.58. The Hall–Kier alpha value is -1.64. The number of ether oxygens (including phenoxy) is 1. The van der Waals surface area contributed by atoms with Gasteiger partial charge in [-0.2, -0.15) is 0 Å². The summed E-state index contributed by atoms with van der Waals surface area (Å²) in [5.41, 5.74) is 1.39. The van der Waals surface area contributed by atoms with Crippen LogP contribution in [0.25, 0.3) is 0 Å². The minimum Gasteiger partial charge on any atom is -0.376 e. The Morgan fingerprint density at radius 2 is 1.80 bits per heavy atom. The largest absolute Gasteiger partial charge is 0.376 e. The summed E-state index contributed by atoms with van der Waals surface area (Å²) in [6, 6.07) is 9.84. The van der Waals surface area contributed by atoms with E-state index in [2.05, 4.69) is 34.3 Å². The third-order valence-corrected chi connectivity index (χ3v) is 6.76. The number of rotatable bonds is 7. The fraction of sp³-hybridized carbons (Fsp3) is 0.682. The maximum Gasteiger partial charge on any atom is 0.317 e. The minimum absolute atomic E-state index is 0.0225. The number of carbonyl (C=O) groups excluding carboxylic acids is 1. The quantitative estimate of drug-likeness (QED) is 0.687. The molecule has 2 aliphatic rings. The van der Waals surface area contributed by atoms with Gasteiger partial charge >= 0.3 is 6.03 Å². The smallest absolute Gasteiger partial charge is 0.317 e. The predicted molar refractivity (Wildman–Crippen MR) is 118 cm³/mol. The molecule has 2 N–H and O–H groups in total. The maximum atomic E-state index is 12.6. The zero-order valence-electron chi connectivity index (χ0n) is 18.2. The van der Waals surface area contributed by atoms with E-state index in [1.165, 1.54) is 5.56 Å². The SMILES string of the molecule is CC(C)NC(=O)N1CCC(NS(C)(=O)=O)[C@@H]1COC1CCC(c2ccccc2)CC1. The third kappa shape index (κ3) is 6.43.